The maximum absolute atomic E-state index is 5.76. The lowest BCUT2D eigenvalue weighted by Crippen LogP contribution is -1.98. The number of benzene rings is 2. The summed E-state index contributed by atoms with van der Waals surface area (Å²) in [5.41, 5.74) is 3.18. The van der Waals surface area contributed by atoms with Crippen LogP contribution in [0.5, 0.6) is 5.75 Å². The van der Waals surface area contributed by atoms with E-state index in [4.69, 9.17) is 4.74 Å². The third-order valence-corrected chi connectivity index (χ3v) is 3.77. The zero-order chi connectivity index (χ0) is 13.8. The van der Waals surface area contributed by atoms with E-state index < -0.39 is 0 Å². The molecule has 1 aromatic heterocycles. The van der Waals surface area contributed by atoms with Crippen molar-refractivity contribution < 1.29 is 4.74 Å². The van der Waals surface area contributed by atoms with E-state index in [0.29, 0.717) is 6.61 Å². The quantitative estimate of drug-likeness (QED) is 0.647. The molecule has 0 bridgehead atoms. The zero-order valence-corrected chi connectivity index (χ0v) is 12.5. The molecule has 1 heterocycles. The van der Waals surface area contributed by atoms with Gasteiger partial charge in [-0.1, -0.05) is 52.3 Å². The summed E-state index contributed by atoms with van der Waals surface area (Å²) in [6, 6.07) is 20.3. The van der Waals surface area contributed by atoms with Gasteiger partial charge in [-0.15, -0.1) is 0 Å². The van der Waals surface area contributed by atoms with E-state index in [1.54, 1.807) is 0 Å². The minimum absolute atomic E-state index is 0.485. The molecule has 2 nitrogen and oxygen atoms in total. The van der Waals surface area contributed by atoms with Crippen LogP contribution in [0.1, 0.15) is 11.3 Å². The lowest BCUT2D eigenvalue weighted by atomic mass is 10.2. The normalized spacial score (nSPS) is 10.7. The highest BCUT2D eigenvalue weighted by atomic mass is 79.9. The second-order valence-electron chi connectivity index (χ2n) is 4.56. The van der Waals surface area contributed by atoms with Gasteiger partial charge in [-0.2, -0.15) is 0 Å². The molecule has 0 spiro atoms. The van der Waals surface area contributed by atoms with Crippen molar-refractivity contribution in [2.75, 3.05) is 0 Å². The molecular weight excluding hydrogens is 314 g/mol. The third kappa shape index (κ3) is 2.99. The van der Waals surface area contributed by atoms with Gasteiger partial charge in [-0.05, 0) is 29.8 Å². The third-order valence-electron chi connectivity index (χ3n) is 3.12. The van der Waals surface area contributed by atoms with Crippen molar-refractivity contribution in [3.8, 4) is 5.75 Å². The highest BCUT2D eigenvalue weighted by molar-refractivity contribution is 9.08. The van der Waals surface area contributed by atoms with Crippen LogP contribution in [0.2, 0.25) is 0 Å². The number of aromatic nitrogens is 1. The first-order valence-corrected chi connectivity index (χ1v) is 7.60. The van der Waals surface area contributed by atoms with Gasteiger partial charge in [0.2, 0.25) is 0 Å². The molecule has 3 rings (SSSR count). The van der Waals surface area contributed by atoms with Crippen molar-refractivity contribution in [2.45, 2.75) is 11.9 Å². The van der Waals surface area contributed by atoms with Gasteiger partial charge in [0.05, 0.1) is 11.2 Å². The summed E-state index contributed by atoms with van der Waals surface area (Å²) in [7, 11) is 0. The first-order chi connectivity index (χ1) is 9.85. The number of hydrogen-bond donors (Lipinski definition) is 0. The van der Waals surface area contributed by atoms with Gasteiger partial charge >= 0.3 is 0 Å². The van der Waals surface area contributed by atoms with Gasteiger partial charge < -0.3 is 4.74 Å². The van der Waals surface area contributed by atoms with E-state index in [1.165, 1.54) is 5.56 Å². The lowest BCUT2D eigenvalue weighted by Gasteiger charge is -2.07. The molecular formula is C17H14BrNO. The maximum atomic E-state index is 5.76. The number of ether oxygens (including phenoxy) is 1. The summed E-state index contributed by atoms with van der Waals surface area (Å²) in [5.74, 6) is 0.865. The molecule has 0 N–H and O–H groups in total. The highest BCUT2D eigenvalue weighted by Crippen LogP contribution is 2.16. The van der Waals surface area contributed by atoms with Crippen molar-refractivity contribution in [1.82, 2.24) is 4.98 Å². The molecule has 20 heavy (non-hydrogen) atoms. The minimum atomic E-state index is 0.485. The summed E-state index contributed by atoms with van der Waals surface area (Å²) >= 11 is 3.43. The molecule has 0 saturated carbocycles. The fourth-order valence-electron chi connectivity index (χ4n) is 2.02. The number of nitrogens with zero attached hydrogens (tertiary/aromatic N) is 1. The minimum Gasteiger partial charge on any atom is -0.487 e. The topological polar surface area (TPSA) is 22.1 Å². The van der Waals surface area contributed by atoms with Gasteiger partial charge in [0.15, 0.2) is 0 Å². The van der Waals surface area contributed by atoms with Gasteiger partial charge in [-0.3, -0.25) is 0 Å². The summed E-state index contributed by atoms with van der Waals surface area (Å²) in [6.07, 6.45) is 0. The van der Waals surface area contributed by atoms with Crippen LogP contribution in [0, 0.1) is 0 Å². The van der Waals surface area contributed by atoms with Gasteiger partial charge in [0, 0.05) is 10.7 Å². The number of alkyl halides is 1. The molecule has 0 aliphatic carbocycles. The summed E-state index contributed by atoms with van der Waals surface area (Å²) < 4.78 is 5.76. The molecule has 3 aromatic rings. The van der Waals surface area contributed by atoms with E-state index in [2.05, 4.69) is 45.2 Å². The fraction of sp³-hybridized carbons (Fsp3) is 0.118. The molecule has 100 valence electrons. The van der Waals surface area contributed by atoms with Gasteiger partial charge in [0.25, 0.3) is 0 Å². The average Bonchev–Trinajstić information content (AvgIpc) is 2.53. The van der Waals surface area contributed by atoms with Crippen LogP contribution in [-0.2, 0) is 11.9 Å². The van der Waals surface area contributed by atoms with E-state index in [0.717, 1.165) is 27.7 Å². The standard InChI is InChI=1S/C17H14BrNO/c18-11-13-5-9-16(10-6-13)20-12-15-8-7-14-3-1-2-4-17(14)19-15/h1-10H,11-12H2. The first kappa shape index (κ1) is 13.1. The fourth-order valence-corrected chi connectivity index (χ4v) is 2.39. The van der Waals surface area contributed by atoms with Crippen molar-refractivity contribution in [1.29, 1.82) is 0 Å². The maximum Gasteiger partial charge on any atom is 0.130 e. The molecule has 0 atom stereocenters. The number of halogens is 1. The molecule has 2 aromatic carbocycles. The monoisotopic (exact) mass is 327 g/mol. The van der Waals surface area contributed by atoms with Crippen molar-refractivity contribution in [2.24, 2.45) is 0 Å². The Morgan fingerprint density at radius 2 is 1.70 bits per heavy atom. The molecule has 0 saturated heterocycles. The highest BCUT2D eigenvalue weighted by Gasteiger charge is 2.00. The Hall–Kier alpha value is -1.87. The van der Waals surface area contributed by atoms with E-state index in [9.17, 15) is 0 Å². The number of para-hydroxylation sites is 1. The van der Waals surface area contributed by atoms with Crippen molar-refractivity contribution in [3.63, 3.8) is 0 Å². The first-order valence-electron chi connectivity index (χ1n) is 6.47. The SMILES string of the molecule is BrCc1ccc(OCc2ccc3ccccc3n2)cc1. The van der Waals surface area contributed by atoms with Crippen LogP contribution in [0.25, 0.3) is 10.9 Å². The largest absolute Gasteiger partial charge is 0.487 e. The smallest absolute Gasteiger partial charge is 0.130 e. The Kier molecular flexibility index (Phi) is 3.97. The van der Waals surface area contributed by atoms with Gasteiger partial charge in [0.1, 0.15) is 12.4 Å². The molecule has 0 aliphatic rings. The number of fused-ring (bicyclic) bond motifs is 1. The molecule has 0 fully saturated rings. The van der Waals surface area contributed by atoms with E-state index in [-0.39, 0.29) is 0 Å². The van der Waals surface area contributed by atoms with Gasteiger partial charge in [-0.25, -0.2) is 4.98 Å². The molecule has 0 radical (unpaired) electrons. The number of rotatable bonds is 4. The van der Waals surface area contributed by atoms with Crippen LogP contribution in [0.3, 0.4) is 0 Å². The van der Waals surface area contributed by atoms with Crippen LogP contribution in [0.15, 0.2) is 60.7 Å². The molecule has 0 aliphatic heterocycles. The Labute approximate surface area is 126 Å². The summed E-state index contributed by atoms with van der Waals surface area (Å²) in [6.45, 7) is 0.485. The summed E-state index contributed by atoms with van der Waals surface area (Å²) in [4.78, 5) is 4.59. The zero-order valence-electron chi connectivity index (χ0n) is 10.9. The predicted octanol–water partition coefficient (Wildman–Crippen LogP) is 4.71. The second kappa shape index (κ2) is 6.06. The molecule has 3 heteroatoms. The Balaban J connectivity index is 1.72. The second-order valence-corrected chi connectivity index (χ2v) is 5.12. The van der Waals surface area contributed by atoms with E-state index in [1.807, 2.05) is 36.4 Å². The lowest BCUT2D eigenvalue weighted by molar-refractivity contribution is 0.302. The molecule has 0 unspecified atom stereocenters. The van der Waals surface area contributed by atoms with Crippen LogP contribution >= 0.6 is 15.9 Å². The number of hydrogen-bond acceptors (Lipinski definition) is 2. The van der Waals surface area contributed by atoms with Crippen LogP contribution in [-0.4, -0.2) is 4.98 Å². The van der Waals surface area contributed by atoms with Crippen molar-refractivity contribution in [3.05, 3.63) is 71.9 Å². The van der Waals surface area contributed by atoms with Crippen LogP contribution in [0.4, 0.5) is 0 Å². The Bertz CT molecular complexity index is 710. The summed E-state index contributed by atoms with van der Waals surface area (Å²) in [5, 5.41) is 2.01. The number of pyridine rings is 1. The Morgan fingerprint density at radius 3 is 2.50 bits per heavy atom. The van der Waals surface area contributed by atoms with E-state index >= 15 is 0 Å². The van der Waals surface area contributed by atoms with Crippen LogP contribution < -0.4 is 4.74 Å². The average molecular weight is 328 g/mol. The Morgan fingerprint density at radius 1 is 0.900 bits per heavy atom. The van der Waals surface area contributed by atoms with Crippen molar-refractivity contribution >= 4 is 26.8 Å². The molecule has 0 amide bonds. The predicted molar refractivity (Wildman–Crippen MR) is 85.1 cm³/mol.